The lowest BCUT2D eigenvalue weighted by molar-refractivity contribution is 0.0985. The fraction of sp³-hybridized carbons (Fsp3) is 0.300. The molecule has 4 nitrogen and oxygen atoms in total. The number of amides is 1. The van der Waals surface area contributed by atoms with E-state index >= 15 is 0 Å². The first-order valence-corrected chi connectivity index (χ1v) is 7.25. The summed E-state index contributed by atoms with van der Waals surface area (Å²) < 4.78 is 25.6. The fourth-order valence-electron chi connectivity index (χ4n) is 2.12. The monoisotopic (exact) mass is 255 g/mol. The maximum absolute atomic E-state index is 11.8. The fourth-order valence-corrected chi connectivity index (χ4v) is 5.06. The zero-order valence-electron chi connectivity index (χ0n) is 8.48. The van der Waals surface area contributed by atoms with Gasteiger partial charge in [0.2, 0.25) is 0 Å². The van der Waals surface area contributed by atoms with Crippen molar-refractivity contribution in [3.63, 3.8) is 0 Å². The molecular weight excluding hydrogens is 246 g/mol. The number of fused-ring (bicyclic) bond motifs is 3. The number of thioether (sulfide) groups is 1. The third-order valence-corrected chi connectivity index (χ3v) is 5.58. The maximum atomic E-state index is 11.8. The number of rotatable bonds is 0. The van der Waals surface area contributed by atoms with Crippen molar-refractivity contribution in [2.24, 2.45) is 0 Å². The van der Waals surface area contributed by atoms with Gasteiger partial charge in [0.25, 0.3) is 15.9 Å². The first kappa shape index (κ1) is 10.2. The standard InChI is InChI=1S/C10H9NO3S2/c1-5-4-6-2-3-7-9(8(6)15-5)16(13,14)11-10(7)12/h2-3,5H,4H2,1H3,(H,11,12). The average molecular weight is 255 g/mol. The predicted octanol–water partition coefficient (Wildman–Crippen LogP) is 1.16. The number of nitrogens with one attached hydrogen (secondary N) is 1. The second-order valence-electron chi connectivity index (χ2n) is 4.00. The third kappa shape index (κ3) is 1.23. The highest BCUT2D eigenvalue weighted by atomic mass is 32.2. The topological polar surface area (TPSA) is 63.2 Å². The highest BCUT2D eigenvalue weighted by molar-refractivity contribution is 8.01. The van der Waals surface area contributed by atoms with E-state index in [1.807, 2.05) is 17.7 Å². The molecular formula is C10H9NO3S2. The van der Waals surface area contributed by atoms with Gasteiger partial charge < -0.3 is 0 Å². The molecule has 0 aliphatic carbocycles. The maximum Gasteiger partial charge on any atom is 0.266 e. The molecule has 2 aliphatic heterocycles. The van der Waals surface area contributed by atoms with E-state index in [4.69, 9.17) is 0 Å². The van der Waals surface area contributed by atoms with Crippen molar-refractivity contribution in [1.29, 1.82) is 0 Å². The molecule has 2 aliphatic rings. The Hall–Kier alpha value is -1.01. The van der Waals surface area contributed by atoms with Gasteiger partial charge in [0, 0.05) is 10.1 Å². The van der Waals surface area contributed by atoms with Crippen LogP contribution in [0.1, 0.15) is 22.8 Å². The van der Waals surface area contributed by atoms with E-state index in [1.54, 1.807) is 6.07 Å². The van der Waals surface area contributed by atoms with Crippen molar-refractivity contribution in [3.05, 3.63) is 23.3 Å². The Morgan fingerprint density at radius 3 is 2.94 bits per heavy atom. The van der Waals surface area contributed by atoms with Gasteiger partial charge in [-0.05, 0) is 18.1 Å². The molecule has 0 radical (unpaired) electrons. The summed E-state index contributed by atoms with van der Waals surface area (Å²) in [7, 11) is -3.62. The van der Waals surface area contributed by atoms with E-state index in [0.29, 0.717) is 5.25 Å². The molecule has 1 atom stereocenters. The van der Waals surface area contributed by atoms with Gasteiger partial charge in [-0.2, -0.15) is 0 Å². The minimum Gasteiger partial charge on any atom is -0.268 e. The van der Waals surface area contributed by atoms with Crippen LogP contribution in [0.15, 0.2) is 21.9 Å². The Morgan fingerprint density at radius 1 is 1.44 bits per heavy atom. The van der Waals surface area contributed by atoms with E-state index in [2.05, 4.69) is 0 Å². The predicted molar refractivity (Wildman–Crippen MR) is 60.1 cm³/mol. The lowest BCUT2D eigenvalue weighted by Crippen LogP contribution is -2.20. The van der Waals surface area contributed by atoms with Gasteiger partial charge >= 0.3 is 0 Å². The lowest BCUT2D eigenvalue weighted by Gasteiger charge is -2.03. The van der Waals surface area contributed by atoms with Crippen molar-refractivity contribution in [2.45, 2.75) is 28.4 Å². The van der Waals surface area contributed by atoms with Crippen LogP contribution in [0.25, 0.3) is 0 Å². The van der Waals surface area contributed by atoms with E-state index in [-0.39, 0.29) is 10.5 Å². The molecule has 0 fully saturated rings. The molecule has 1 amide bonds. The number of hydrogen-bond acceptors (Lipinski definition) is 4. The summed E-state index contributed by atoms with van der Waals surface area (Å²) in [5.41, 5.74) is 1.30. The van der Waals surface area contributed by atoms with Crippen LogP contribution in [0.3, 0.4) is 0 Å². The van der Waals surface area contributed by atoms with Gasteiger partial charge in [0.05, 0.1) is 5.56 Å². The summed E-state index contributed by atoms with van der Waals surface area (Å²) in [4.78, 5) is 12.4. The molecule has 16 heavy (non-hydrogen) atoms. The highest BCUT2D eigenvalue weighted by Gasteiger charge is 2.38. The summed E-state index contributed by atoms with van der Waals surface area (Å²) in [6, 6.07) is 3.46. The first-order valence-electron chi connectivity index (χ1n) is 4.89. The Bertz CT molecular complexity index is 607. The summed E-state index contributed by atoms with van der Waals surface area (Å²) in [6.07, 6.45) is 0.858. The molecule has 6 heteroatoms. The van der Waals surface area contributed by atoms with Gasteiger partial charge in [0.1, 0.15) is 4.90 Å². The molecule has 0 saturated heterocycles. The summed E-state index contributed by atoms with van der Waals surface area (Å²) in [6.45, 7) is 2.05. The molecule has 1 aromatic rings. The number of sulfonamides is 1. The normalized spacial score (nSPS) is 25.1. The van der Waals surface area contributed by atoms with Crippen molar-refractivity contribution in [1.82, 2.24) is 4.72 Å². The smallest absolute Gasteiger partial charge is 0.266 e. The number of benzene rings is 1. The lowest BCUT2D eigenvalue weighted by atomic mass is 10.1. The van der Waals surface area contributed by atoms with Crippen LogP contribution in [0.4, 0.5) is 0 Å². The zero-order chi connectivity index (χ0) is 11.5. The van der Waals surface area contributed by atoms with E-state index in [0.717, 1.165) is 16.9 Å². The van der Waals surface area contributed by atoms with Crippen LogP contribution in [0, 0.1) is 0 Å². The van der Waals surface area contributed by atoms with E-state index in [1.165, 1.54) is 11.8 Å². The van der Waals surface area contributed by atoms with Crippen LogP contribution >= 0.6 is 11.8 Å². The molecule has 1 unspecified atom stereocenters. The van der Waals surface area contributed by atoms with Gasteiger partial charge in [-0.25, -0.2) is 13.1 Å². The quantitative estimate of drug-likeness (QED) is 0.755. The summed E-state index contributed by atoms with van der Waals surface area (Å²) in [5, 5.41) is 0.368. The van der Waals surface area contributed by atoms with Crippen molar-refractivity contribution < 1.29 is 13.2 Å². The van der Waals surface area contributed by atoms with Crippen molar-refractivity contribution in [3.8, 4) is 0 Å². The van der Waals surface area contributed by atoms with Gasteiger partial charge in [-0.3, -0.25) is 4.79 Å². The average Bonchev–Trinajstić information content (AvgIpc) is 2.63. The van der Waals surface area contributed by atoms with Gasteiger partial charge in [-0.1, -0.05) is 13.0 Å². The minimum atomic E-state index is -3.62. The molecule has 0 bridgehead atoms. The largest absolute Gasteiger partial charge is 0.268 e. The molecule has 0 spiro atoms. The van der Waals surface area contributed by atoms with E-state index < -0.39 is 15.9 Å². The second-order valence-corrected chi connectivity index (χ2v) is 7.07. The molecule has 0 saturated carbocycles. The third-order valence-electron chi connectivity index (χ3n) is 2.76. The second kappa shape index (κ2) is 3.01. The van der Waals surface area contributed by atoms with Crippen LogP contribution in [-0.2, 0) is 16.4 Å². The molecule has 1 aromatic carbocycles. The molecule has 3 rings (SSSR count). The Balaban J connectivity index is 2.35. The van der Waals surface area contributed by atoms with E-state index in [9.17, 15) is 13.2 Å². The van der Waals surface area contributed by atoms with Crippen molar-refractivity contribution in [2.75, 3.05) is 0 Å². The SMILES string of the molecule is CC1Cc2ccc3c(c2S1)S(=O)(=O)NC3=O. The van der Waals surface area contributed by atoms with Crippen LogP contribution in [-0.4, -0.2) is 19.6 Å². The van der Waals surface area contributed by atoms with Crippen LogP contribution < -0.4 is 4.72 Å². The number of hydrogen-bond donors (Lipinski definition) is 1. The first-order chi connectivity index (χ1) is 7.49. The van der Waals surface area contributed by atoms with Crippen LogP contribution in [0.2, 0.25) is 0 Å². The van der Waals surface area contributed by atoms with Gasteiger partial charge in [-0.15, -0.1) is 11.8 Å². The zero-order valence-corrected chi connectivity index (χ0v) is 10.1. The summed E-state index contributed by atoms with van der Waals surface area (Å²) >= 11 is 1.53. The van der Waals surface area contributed by atoms with Gasteiger partial charge in [0.15, 0.2) is 0 Å². The molecule has 2 heterocycles. The number of carbonyl (C=O) groups excluding carboxylic acids is 1. The Morgan fingerprint density at radius 2 is 2.19 bits per heavy atom. The molecule has 84 valence electrons. The summed E-state index contributed by atoms with van der Waals surface area (Å²) in [5.74, 6) is -0.516. The Kier molecular flexibility index (Phi) is 1.91. The van der Waals surface area contributed by atoms with Crippen molar-refractivity contribution >= 4 is 27.7 Å². The minimum absolute atomic E-state index is 0.185. The molecule has 1 N–H and O–H groups in total. The number of carbonyl (C=O) groups is 1. The van der Waals surface area contributed by atoms with Crippen LogP contribution in [0.5, 0.6) is 0 Å². The highest BCUT2D eigenvalue weighted by Crippen LogP contribution is 2.43. The Labute approximate surface area is 97.5 Å². The molecule has 0 aromatic heterocycles.